The number of rotatable bonds is 3. The minimum Gasteiger partial charge on any atom is -0.206 e. The van der Waals surface area contributed by atoms with E-state index in [9.17, 15) is 68.5 Å². The molecule has 1 aliphatic carbocycles. The van der Waals surface area contributed by atoms with E-state index in [-0.39, 0.29) is 6.92 Å². The Balaban J connectivity index is 2.37. The van der Waals surface area contributed by atoms with Crippen molar-refractivity contribution in [2.45, 2.75) is 26.2 Å². The number of alkyl halides is 6. The molecule has 0 atom stereocenters. The summed E-state index contributed by atoms with van der Waals surface area (Å²) < 4.78 is 243. The maximum absolute atomic E-state index is 15.4. The van der Waals surface area contributed by atoms with E-state index >= 15 is 22.0 Å². The molecule has 0 saturated heterocycles. The Hall–Kier alpha value is -5.84. The van der Waals surface area contributed by atoms with E-state index < -0.39 is 149 Å². The molecule has 0 bridgehead atoms. The van der Waals surface area contributed by atoms with Crippen LogP contribution in [0.2, 0.25) is 0 Å². The first-order chi connectivity index (χ1) is 23.4. The molecule has 0 aromatic heterocycles. The molecule has 0 N–H and O–H groups in total. The second-order valence-corrected chi connectivity index (χ2v) is 10.2. The molecule has 20 heteroatoms. The zero-order valence-electron chi connectivity index (χ0n) is 24.3. The molecule has 1 aliphatic rings. The van der Waals surface area contributed by atoms with Gasteiger partial charge in [0.1, 0.15) is 41.0 Å². The van der Waals surface area contributed by atoms with Crippen LogP contribution in [0.4, 0.5) is 74.6 Å². The third kappa shape index (κ3) is 5.62. The van der Waals surface area contributed by atoms with Gasteiger partial charge in [0.2, 0.25) is 0 Å². The lowest BCUT2D eigenvalue weighted by atomic mass is 9.95. The molecule has 0 aliphatic heterocycles. The lowest BCUT2D eigenvalue weighted by Crippen LogP contribution is -2.17. The lowest BCUT2D eigenvalue weighted by Gasteiger charge is -2.15. The summed E-state index contributed by atoms with van der Waals surface area (Å²) in [6, 6.07) is 2.65. The van der Waals surface area contributed by atoms with E-state index in [1.807, 2.05) is 0 Å². The summed E-state index contributed by atoms with van der Waals surface area (Å²) in [5, 5.41) is 29.5. The summed E-state index contributed by atoms with van der Waals surface area (Å²) in [5.74, 6) is -30.1. The van der Waals surface area contributed by atoms with Crippen LogP contribution in [0.5, 0.6) is 0 Å². The number of hydrogen-bond acceptors (Lipinski definition) is 3. The minimum atomic E-state index is -6.15. The van der Waals surface area contributed by atoms with Crippen LogP contribution in [0.15, 0.2) is 16.7 Å². The molecular weight excluding hydrogens is 737 g/mol. The average Bonchev–Trinajstić information content (AvgIpc) is 3.75. The van der Waals surface area contributed by atoms with Crippen molar-refractivity contribution in [1.29, 1.82) is 15.8 Å². The molecule has 3 aromatic rings. The van der Waals surface area contributed by atoms with E-state index in [0.717, 1.165) is 18.2 Å². The highest BCUT2D eigenvalue weighted by Gasteiger charge is 2.48. The van der Waals surface area contributed by atoms with Gasteiger partial charge in [0.25, 0.3) is 0 Å². The largest absolute Gasteiger partial charge is 0.422 e. The van der Waals surface area contributed by atoms with Gasteiger partial charge in [0, 0.05) is 27.8 Å². The van der Waals surface area contributed by atoms with Crippen molar-refractivity contribution in [2.24, 2.45) is 0 Å². The first-order valence-corrected chi connectivity index (χ1v) is 12.9. The van der Waals surface area contributed by atoms with Gasteiger partial charge in [-0.15, -0.1) is 0 Å². The van der Waals surface area contributed by atoms with Crippen molar-refractivity contribution in [3.05, 3.63) is 120 Å². The third-order valence-corrected chi connectivity index (χ3v) is 7.39. The van der Waals surface area contributed by atoms with Crippen molar-refractivity contribution < 1.29 is 74.6 Å². The van der Waals surface area contributed by atoms with Crippen LogP contribution in [-0.2, 0) is 12.4 Å². The second-order valence-electron chi connectivity index (χ2n) is 10.2. The van der Waals surface area contributed by atoms with Gasteiger partial charge < -0.3 is 0 Å². The fourth-order valence-electron chi connectivity index (χ4n) is 5.05. The Morgan fingerprint density at radius 1 is 0.373 bits per heavy atom. The maximum atomic E-state index is 15.4. The Bertz CT molecular complexity index is 2130. The number of benzene rings is 3. The highest BCUT2D eigenvalue weighted by atomic mass is 19.4. The van der Waals surface area contributed by atoms with Gasteiger partial charge >= 0.3 is 12.4 Å². The Kier molecular flexibility index (Phi) is 9.30. The van der Waals surface area contributed by atoms with Crippen molar-refractivity contribution in [2.75, 3.05) is 0 Å². The molecule has 0 amide bonds. The van der Waals surface area contributed by atoms with Crippen molar-refractivity contribution in [3.63, 3.8) is 0 Å². The summed E-state index contributed by atoms with van der Waals surface area (Å²) in [7, 11) is 0. The normalized spacial score (nSPS) is 16.0. The van der Waals surface area contributed by atoms with Crippen LogP contribution in [0.25, 0.3) is 16.7 Å². The van der Waals surface area contributed by atoms with Crippen molar-refractivity contribution >= 4 is 16.7 Å². The van der Waals surface area contributed by atoms with Crippen molar-refractivity contribution in [1.82, 2.24) is 0 Å². The summed E-state index contributed by atoms with van der Waals surface area (Å²) in [6.07, 6.45) is -12.0. The summed E-state index contributed by atoms with van der Waals surface area (Å²) in [4.78, 5) is 0. The third-order valence-electron chi connectivity index (χ3n) is 7.39. The number of nitriles is 3. The first kappa shape index (κ1) is 38.0. The van der Waals surface area contributed by atoms with E-state index in [0.29, 0.717) is 6.92 Å². The molecular formula is C31H6F17N3. The van der Waals surface area contributed by atoms with Gasteiger partial charge in [-0.2, -0.15) is 42.1 Å². The molecule has 3 aromatic carbocycles. The van der Waals surface area contributed by atoms with Gasteiger partial charge in [-0.05, 0) is 13.8 Å². The molecule has 0 unspecified atom stereocenters. The van der Waals surface area contributed by atoms with Crippen molar-refractivity contribution in [3.8, 4) is 18.2 Å². The van der Waals surface area contributed by atoms with Gasteiger partial charge in [-0.3, -0.25) is 0 Å². The summed E-state index contributed by atoms with van der Waals surface area (Å²) in [5.41, 5.74) is -25.6. The quantitative estimate of drug-likeness (QED) is 0.116. The molecule has 0 heterocycles. The fraction of sp³-hybridized carbons (Fsp3) is 0.129. The molecule has 1 saturated carbocycles. The molecule has 0 spiro atoms. The van der Waals surface area contributed by atoms with Crippen LogP contribution < -0.4 is 0 Å². The Morgan fingerprint density at radius 2 is 0.647 bits per heavy atom. The lowest BCUT2D eigenvalue weighted by molar-refractivity contribution is -0.143. The number of halogens is 17. The van der Waals surface area contributed by atoms with Crippen LogP contribution in [0.3, 0.4) is 0 Å². The maximum Gasteiger partial charge on any atom is 0.422 e. The van der Waals surface area contributed by atoms with Gasteiger partial charge in [-0.25, -0.2) is 48.3 Å². The molecule has 264 valence electrons. The van der Waals surface area contributed by atoms with E-state index in [1.165, 1.54) is 0 Å². The van der Waals surface area contributed by atoms with E-state index in [2.05, 4.69) is 0 Å². The van der Waals surface area contributed by atoms with Gasteiger partial charge in [0.15, 0.2) is 52.4 Å². The zero-order valence-corrected chi connectivity index (χ0v) is 24.3. The van der Waals surface area contributed by atoms with E-state index in [1.54, 1.807) is 0 Å². The predicted octanol–water partition coefficient (Wildman–Crippen LogP) is 10.1. The Morgan fingerprint density at radius 3 is 0.961 bits per heavy atom. The van der Waals surface area contributed by atoms with Gasteiger partial charge in [-0.1, -0.05) is 0 Å². The molecule has 0 radical (unpaired) electrons. The van der Waals surface area contributed by atoms with E-state index in [4.69, 9.17) is 0 Å². The fourth-order valence-corrected chi connectivity index (χ4v) is 5.05. The number of allylic oxidation sites excluding steroid dienone is 6. The molecule has 51 heavy (non-hydrogen) atoms. The Labute approximate surface area is 271 Å². The smallest absolute Gasteiger partial charge is 0.206 e. The summed E-state index contributed by atoms with van der Waals surface area (Å²) in [6.45, 7) is 0.661. The second kappa shape index (κ2) is 12.5. The monoisotopic (exact) mass is 743 g/mol. The van der Waals surface area contributed by atoms with Crippen LogP contribution in [-0.4, -0.2) is 0 Å². The van der Waals surface area contributed by atoms with Crippen LogP contribution in [0.1, 0.15) is 38.9 Å². The number of nitrogens with zero attached hydrogens (tertiary/aromatic N) is 3. The highest BCUT2D eigenvalue weighted by molar-refractivity contribution is 6.12. The number of hydrogen-bond donors (Lipinski definition) is 0. The molecule has 3 nitrogen and oxygen atoms in total. The molecule has 1 fully saturated rings. The topological polar surface area (TPSA) is 71.4 Å². The van der Waals surface area contributed by atoms with Crippen LogP contribution in [0, 0.1) is 112 Å². The highest BCUT2D eigenvalue weighted by Crippen LogP contribution is 2.58. The molecule has 4 rings (SSSR count). The minimum absolute atomic E-state index is 0.207. The SMILES string of the molecule is Cc1c(F)c(F)c(F)c(C(C#N)=C2C(=C(C#N)c3c(F)c(C)c(C(F)(F)F)c(F)c3F)C2=C(C#N)c2c(F)c(F)c(C(F)(F)F)c(F)c2F)c1F. The zero-order chi connectivity index (χ0) is 39.0. The van der Waals surface area contributed by atoms with Crippen LogP contribution >= 0.6 is 0 Å². The first-order valence-electron chi connectivity index (χ1n) is 12.9. The standard InChI is InChI=1S/C31H6F17N3/c1-6-17(30(43,44)45)26(39)22(35)14(19(6)32)8(3-49)11-12(9(4-50)15-20(33)7(2)21(34)29(42)25(15)38)13(11)10(5-51)16-23(36)27(40)18(31(46,47)48)28(41)24(16)37/h1-2H3. The average molecular weight is 743 g/mol. The van der Waals surface area contributed by atoms with Gasteiger partial charge in [0.05, 0.1) is 33.4 Å². The summed E-state index contributed by atoms with van der Waals surface area (Å²) >= 11 is 0. The predicted molar refractivity (Wildman–Crippen MR) is 136 cm³/mol.